The number of anilines is 1. The summed E-state index contributed by atoms with van der Waals surface area (Å²) in [4.78, 5) is 21.0. The minimum atomic E-state index is -3.50. The highest BCUT2D eigenvalue weighted by Crippen LogP contribution is 2.35. The number of hydrogen-bond donors (Lipinski definition) is 0. The molecule has 3 rings (SSSR count). The van der Waals surface area contributed by atoms with Gasteiger partial charge in [0.05, 0.1) is 9.82 Å². The molecule has 2 aromatic rings. The molecule has 25 heavy (non-hydrogen) atoms. The van der Waals surface area contributed by atoms with Crippen molar-refractivity contribution >= 4 is 21.2 Å². The smallest absolute Gasteiger partial charge is 0.293 e. The fourth-order valence-electron chi connectivity index (χ4n) is 3.13. The SMILES string of the molecule is CS(=O)(=O)c1ccc(N2CCC[C@@H](c3ccncn3)C2)c([N+](=O)[O-])c1. The first-order chi connectivity index (χ1) is 11.9. The molecular weight excluding hydrogens is 344 g/mol. The Morgan fingerprint density at radius 1 is 1.32 bits per heavy atom. The van der Waals surface area contributed by atoms with Crippen molar-refractivity contribution in [3.8, 4) is 0 Å². The van der Waals surface area contributed by atoms with Crippen LogP contribution in [0.4, 0.5) is 11.4 Å². The molecule has 0 spiro atoms. The highest BCUT2D eigenvalue weighted by atomic mass is 32.2. The van der Waals surface area contributed by atoms with Crippen LogP contribution in [-0.4, -0.2) is 42.7 Å². The molecule has 8 nitrogen and oxygen atoms in total. The lowest BCUT2D eigenvalue weighted by Crippen LogP contribution is -2.35. The van der Waals surface area contributed by atoms with Crippen molar-refractivity contribution in [1.82, 2.24) is 9.97 Å². The van der Waals surface area contributed by atoms with Gasteiger partial charge in [0, 0.05) is 43.2 Å². The Morgan fingerprint density at radius 3 is 2.76 bits per heavy atom. The third kappa shape index (κ3) is 3.76. The van der Waals surface area contributed by atoms with E-state index in [1.54, 1.807) is 6.20 Å². The number of hydrogen-bond acceptors (Lipinski definition) is 7. The third-order valence-corrected chi connectivity index (χ3v) is 5.47. The molecule has 1 aromatic heterocycles. The van der Waals surface area contributed by atoms with Crippen molar-refractivity contribution < 1.29 is 13.3 Å². The number of aromatic nitrogens is 2. The maximum atomic E-state index is 11.7. The number of benzene rings is 1. The lowest BCUT2D eigenvalue weighted by Gasteiger charge is -2.33. The monoisotopic (exact) mass is 362 g/mol. The fourth-order valence-corrected chi connectivity index (χ4v) is 3.77. The molecule has 1 atom stereocenters. The average Bonchev–Trinajstić information content (AvgIpc) is 2.61. The number of nitrogens with zero attached hydrogens (tertiary/aromatic N) is 4. The lowest BCUT2D eigenvalue weighted by molar-refractivity contribution is -0.384. The number of piperidine rings is 1. The maximum Gasteiger partial charge on any atom is 0.293 e. The van der Waals surface area contributed by atoms with Crippen molar-refractivity contribution in [2.24, 2.45) is 0 Å². The van der Waals surface area contributed by atoms with E-state index in [1.807, 2.05) is 11.0 Å². The predicted octanol–water partition coefficient (Wildman–Crippen LogP) is 2.17. The van der Waals surface area contributed by atoms with Crippen LogP contribution in [0.25, 0.3) is 0 Å². The van der Waals surface area contributed by atoms with Crippen LogP contribution >= 0.6 is 0 Å². The second-order valence-corrected chi connectivity index (χ2v) is 8.11. The van der Waals surface area contributed by atoms with Crippen LogP contribution < -0.4 is 4.90 Å². The number of sulfone groups is 1. The molecular formula is C16H18N4O4S. The van der Waals surface area contributed by atoms with Gasteiger partial charge in [0.15, 0.2) is 9.84 Å². The number of nitro benzene ring substituents is 1. The molecule has 0 radical (unpaired) electrons. The maximum absolute atomic E-state index is 11.7. The van der Waals surface area contributed by atoms with Crippen LogP contribution in [0.5, 0.6) is 0 Å². The number of nitro groups is 1. The molecule has 0 unspecified atom stereocenters. The molecule has 1 aliphatic heterocycles. The molecule has 9 heteroatoms. The van der Waals surface area contributed by atoms with E-state index < -0.39 is 14.8 Å². The minimum Gasteiger partial charge on any atom is -0.365 e. The normalized spacial score (nSPS) is 18.1. The van der Waals surface area contributed by atoms with Gasteiger partial charge in [-0.3, -0.25) is 10.1 Å². The summed E-state index contributed by atoms with van der Waals surface area (Å²) >= 11 is 0. The fraction of sp³-hybridized carbons (Fsp3) is 0.375. The van der Waals surface area contributed by atoms with Crippen molar-refractivity contribution in [2.75, 3.05) is 24.2 Å². The summed E-state index contributed by atoms with van der Waals surface area (Å²) in [5.41, 5.74) is 1.16. The van der Waals surface area contributed by atoms with Crippen molar-refractivity contribution in [3.63, 3.8) is 0 Å². The van der Waals surface area contributed by atoms with E-state index >= 15 is 0 Å². The molecule has 132 valence electrons. The second kappa shape index (κ2) is 6.75. The van der Waals surface area contributed by atoms with Gasteiger partial charge in [0.2, 0.25) is 0 Å². The predicted molar refractivity (Wildman–Crippen MR) is 92.4 cm³/mol. The summed E-state index contributed by atoms with van der Waals surface area (Å²) in [7, 11) is -3.50. The van der Waals surface area contributed by atoms with Gasteiger partial charge in [-0.15, -0.1) is 0 Å². The molecule has 1 aromatic carbocycles. The van der Waals surface area contributed by atoms with Gasteiger partial charge in [-0.25, -0.2) is 18.4 Å². The molecule has 0 bridgehead atoms. The molecule has 0 saturated carbocycles. The van der Waals surface area contributed by atoms with Crippen LogP contribution in [0.3, 0.4) is 0 Å². The summed E-state index contributed by atoms with van der Waals surface area (Å²) in [6.07, 6.45) is 6.04. The van der Waals surface area contributed by atoms with E-state index in [2.05, 4.69) is 9.97 Å². The highest BCUT2D eigenvalue weighted by molar-refractivity contribution is 7.90. The zero-order valence-corrected chi connectivity index (χ0v) is 14.5. The van der Waals surface area contributed by atoms with Crippen LogP contribution in [0.15, 0.2) is 41.7 Å². The average molecular weight is 362 g/mol. The van der Waals surface area contributed by atoms with Crippen LogP contribution in [0.2, 0.25) is 0 Å². The minimum absolute atomic E-state index is 0.0488. The first kappa shape index (κ1) is 17.3. The Labute approximate surface area is 145 Å². The summed E-state index contributed by atoms with van der Waals surface area (Å²) in [5, 5.41) is 11.5. The lowest BCUT2D eigenvalue weighted by atomic mass is 9.94. The Balaban J connectivity index is 1.94. The van der Waals surface area contributed by atoms with Gasteiger partial charge in [-0.1, -0.05) is 0 Å². The number of rotatable bonds is 4. The summed E-state index contributed by atoms with van der Waals surface area (Å²) in [5.74, 6) is 0.158. The zero-order valence-electron chi connectivity index (χ0n) is 13.7. The van der Waals surface area contributed by atoms with Gasteiger partial charge < -0.3 is 4.90 Å². The summed E-state index contributed by atoms with van der Waals surface area (Å²) in [6, 6.07) is 5.94. The Bertz CT molecular complexity index is 886. The van der Waals surface area contributed by atoms with Gasteiger partial charge in [-0.05, 0) is 31.0 Å². The van der Waals surface area contributed by atoms with Crippen LogP contribution in [-0.2, 0) is 9.84 Å². The Kier molecular flexibility index (Phi) is 4.67. The van der Waals surface area contributed by atoms with Crippen molar-refractivity contribution in [3.05, 3.63) is 52.6 Å². The van der Waals surface area contributed by atoms with Gasteiger partial charge >= 0.3 is 0 Å². The van der Waals surface area contributed by atoms with Crippen LogP contribution in [0.1, 0.15) is 24.5 Å². The highest BCUT2D eigenvalue weighted by Gasteiger charge is 2.28. The van der Waals surface area contributed by atoms with E-state index in [-0.39, 0.29) is 16.5 Å². The second-order valence-electron chi connectivity index (χ2n) is 6.10. The first-order valence-corrected chi connectivity index (χ1v) is 9.75. The molecule has 0 aliphatic carbocycles. The van der Waals surface area contributed by atoms with Crippen molar-refractivity contribution in [2.45, 2.75) is 23.7 Å². The van der Waals surface area contributed by atoms with Crippen LogP contribution in [0, 0.1) is 10.1 Å². The third-order valence-electron chi connectivity index (χ3n) is 4.36. The largest absolute Gasteiger partial charge is 0.365 e. The molecule has 1 saturated heterocycles. The molecule has 0 N–H and O–H groups in total. The topological polar surface area (TPSA) is 106 Å². The van der Waals surface area contributed by atoms with Gasteiger partial charge in [0.1, 0.15) is 12.0 Å². The van der Waals surface area contributed by atoms with E-state index in [4.69, 9.17) is 0 Å². The van der Waals surface area contributed by atoms with E-state index in [1.165, 1.54) is 18.5 Å². The molecule has 1 aliphatic rings. The molecule has 0 amide bonds. The summed E-state index contributed by atoms with van der Waals surface area (Å²) < 4.78 is 23.4. The van der Waals surface area contributed by atoms with Gasteiger partial charge in [0.25, 0.3) is 5.69 Å². The van der Waals surface area contributed by atoms with E-state index in [0.29, 0.717) is 18.8 Å². The standard InChI is InChI=1S/C16H18N4O4S/c1-25(23,24)13-4-5-15(16(9-13)20(21)22)19-8-2-3-12(10-19)14-6-7-17-11-18-14/h4-7,9,11-12H,2-3,8,10H2,1H3/t12-/m1/s1. The van der Waals surface area contributed by atoms with E-state index in [0.717, 1.165) is 30.9 Å². The van der Waals surface area contributed by atoms with Crippen molar-refractivity contribution in [1.29, 1.82) is 0 Å². The van der Waals surface area contributed by atoms with E-state index in [9.17, 15) is 18.5 Å². The molecule has 2 heterocycles. The Morgan fingerprint density at radius 2 is 2.12 bits per heavy atom. The Hall–Kier alpha value is -2.55. The molecule has 1 fully saturated rings. The zero-order chi connectivity index (χ0) is 18.0. The van der Waals surface area contributed by atoms with Gasteiger partial charge in [-0.2, -0.15) is 0 Å². The summed E-state index contributed by atoms with van der Waals surface area (Å²) in [6.45, 7) is 1.27. The first-order valence-electron chi connectivity index (χ1n) is 7.85. The quantitative estimate of drug-likeness (QED) is 0.606.